The number of fused-ring (bicyclic) bond motifs is 2. The van der Waals surface area contributed by atoms with Crippen molar-refractivity contribution >= 4 is 34.1 Å². The van der Waals surface area contributed by atoms with Crippen LogP contribution in [0.4, 0.5) is 10.1 Å². The van der Waals surface area contributed by atoms with Gasteiger partial charge in [-0.1, -0.05) is 11.6 Å². The molecule has 210 valence electrons. The summed E-state index contributed by atoms with van der Waals surface area (Å²) in [4.78, 5) is 39.7. The van der Waals surface area contributed by atoms with Crippen LogP contribution in [0.15, 0.2) is 53.8 Å². The van der Waals surface area contributed by atoms with Crippen molar-refractivity contribution in [3.05, 3.63) is 81.4 Å². The summed E-state index contributed by atoms with van der Waals surface area (Å²) in [5, 5.41) is 3.42. The average Bonchev–Trinajstić information content (AvgIpc) is 3.68. The molecule has 2 saturated heterocycles. The molecule has 0 radical (unpaired) electrons. The van der Waals surface area contributed by atoms with Gasteiger partial charge in [-0.05, 0) is 56.6 Å². The molecule has 1 amide bonds. The van der Waals surface area contributed by atoms with Crippen LogP contribution in [0, 0.1) is 5.82 Å². The van der Waals surface area contributed by atoms with E-state index in [-0.39, 0.29) is 28.3 Å². The Labute approximate surface area is 240 Å². The van der Waals surface area contributed by atoms with E-state index in [1.54, 1.807) is 41.4 Å². The second-order valence-electron chi connectivity index (χ2n) is 10.8. The summed E-state index contributed by atoms with van der Waals surface area (Å²) in [5.74, 6) is -0.307. The molecule has 1 atom stereocenters. The lowest BCUT2D eigenvalue weighted by Gasteiger charge is -2.29. The molecule has 2 fully saturated rings. The zero-order chi connectivity index (χ0) is 28.1. The summed E-state index contributed by atoms with van der Waals surface area (Å²) in [6.45, 7) is 4.26. The van der Waals surface area contributed by atoms with E-state index in [2.05, 4.69) is 20.2 Å². The van der Waals surface area contributed by atoms with Gasteiger partial charge in [0.05, 0.1) is 16.8 Å². The molecule has 9 nitrogen and oxygen atoms in total. The summed E-state index contributed by atoms with van der Waals surface area (Å²) in [7, 11) is 0. The number of pyridine rings is 1. The topological polar surface area (TPSA) is 92.6 Å². The van der Waals surface area contributed by atoms with E-state index in [1.165, 1.54) is 12.3 Å². The quantitative estimate of drug-likeness (QED) is 0.319. The van der Waals surface area contributed by atoms with E-state index < -0.39 is 17.2 Å². The Bertz CT molecular complexity index is 1720. The van der Waals surface area contributed by atoms with Gasteiger partial charge in [0.2, 0.25) is 5.43 Å². The zero-order valence-electron chi connectivity index (χ0n) is 22.3. The third-order valence-corrected chi connectivity index (χ3v) is 8.46. The van der Waals surface area contributed by atoms with Crippen molar-refractivity contribution in [1.82, 2.24) is 24.8 Å². The first-order valence-electron chi connectivity index (χ1n) is 13.9. The van der Waals surface area contributed by atoms with E-state index in [9.17, 15) is 9.59 Å². The summed E-state index contributed by atoms with van der Waals surface area (Å²) >= 11 is 6.34. The number of anilines is 1. The molecule has 1 unspecified atom stereocenters. The standard InChI is InChI=1S/C30H28ClFN6O3/c31-19-3-4-25-24(13-19)38-17-21(30(40)35-8-12-36-9-1-2-10-36)28(39)20-14-22(32)27(29(41-25)26(20)38)37-11-5-18(16-37)23-15-33-6-7-34-23/h3-4,6-7,13-15,17-18H,1-2,5,8-12,16H2,(H,35,40). The predicted octanol–water partition coefficient (Wildman–Crippen LogP) is 4.50. The van der Waals surface area contributed by atoms with Crippen LogP contribution in [0.25, 0.3) is 16.6 Å². The third kappa shape index (κ3) is 4.61. The summed E-state index contributed by atoms with van der Waals surface area (Å²) in [5.41, 5.74) is 1.49. The molecule has 0 spiro atoms. The molecule has 4 aromatic rings. The molecule has 7 rings (SSSR count). The van der Waals surface area contributed by atoms with Gasteiger partial charge < -0.3 is 24.4 Å². The molecule has 3 aliphatic heterocycles. The molecule has 5 heterocycles. The monoisotopic (exact) mass is 574 g/mol. The fourth-order valence-corrected chi connectivity index (χ4v) is 6.36. The molecule has 1 N–H and O–H groups in total. The van der Waals surface area contributed by atoms with E-state index in [0.29, 0.717) is 48.2 Å². The lowest BCUT2D eigenvalue weighted by Crippen LogP contribution is -2.36. The number of carbonyl (C=O) groups is 1. The number of rotatable bonds is 6. The molecular weight excluding hydrogens is 547 g/mol. The number of amides is 1. The van der Waals surface area contributed by atoms with Crippen LogP contribution in [0.2, 0.25) is 5.02 Å². The summed E-state index contributed by atoms with van der Waals surface area (Å²) in [6.07, 6.45) is 9.62. The molecule has 0 saturated carbocycles. The van der Waals surface area contributed by atoms with Crippen LogP contribution >= 0.6 is 11.6 Å². The number of halogens is 2. The maximum Gasteiger partial charge on any atom is 0.256 e. The summed E-state index contributed by atoms with van der Waals surface area (Å²) in [6, 6.07) is 6.34. The van der Waals surface area contributed by atoms with E-state index >= 15 is 4.39 Å². The fraction of sp³-hybridized carbons (Fsp3) is 0.333. The zero-order valence-corrected chi connectivity index (χ0v) is 23.0. The number of likely N-dealkylation sites (tertiary alicyclic amines) is 1. The van der Waals surface area contributed by atoms with Gasteiger partial charge in [0.15, 0.2) is 17.3 Å². The average molecular weight is 575 g/mol. The highest BCUT2D eigenvalue weighted by Crippen LogP contribution is 2.48. The van der Waals surface area contributed by atoms with Gasteiger partial charge in [-0.2, -0.15) is 0 Å². The number of ether oxygens (including phenoxy) is 1. The van der Waals surface area contributed by atoms with Crippen LogP contribution < -0.4 is 20.4 Å². The lowest BCUT2D eigenvalue weighted by molar-refractivity contribution is 0.0948. The molecule has 2 aromatic carbocycles. The van der Waals surface area contributed by atoms with Gasteiger partial charge in [0.1, 0.15) is 16.8 Å². The lowest BCUT2D eigenvalue weighted by atomic mass is 10.0. The Balaban J connectivity index is 1.31. The van der Waals surface area contributed by atoms with Crippen LogP contribution in [0.5, 0.6) is 11.5 Å². The third-order valence-electron chi connectivity index (χ3n) is 8.23. The van der Waals surface area contributed by atoms with Gasteiger partial charge in [0.25, 0.3) is 5.91 Å². The highest BCUT2D eigenvalue weighted by Gasteiger charge is 2.34. The number of hydrogen-bond donors (Lipinski definition) is 1. The Kier molecular flexibility index (Phi) is 6.59. The van der Waals surface area contributed by atoms with Crippen LogP contribution in [-0.4, -0.2) is 64.6 Å². The molecule has 0 bridgehead atoms. The van der Waals surface area contributed by atoms with Crippen molar-refractivity contribution in [2.24, 2.45) is 0 Å². The van der Waals surface area contributed by atoms with Gasteiger partial charge >= 0.3 is 0 Å². The predicted molar refractivity (Wildman–Crippen MR) is 154 cm³/mol. The number of nitrogens with one attached hydrogen (secondary N) is 1. The number of aromatic nitrogens is 3. The first-order valence-corrected chi connectivity index (χ1v) is 14.3. The first-order chi connectivity index (χ1) is 20.0. The highest BCUT2D eigenvalue weighted by atomic mass is 35.5. The minimum Gasteiger partial charge on any atom is -0.451 e. The molecule has 11 heteroatoms. The van der Waals surface area contributed by atoms with Gasteiger partial charge in [0, 0.05) is 61.9 Å². The van der Waals surface area contributed by atoms with Crippen molar-refractivity contribution in [1.29, 1.82) is 0 Å². The Morgan fingerprint density at radius 2 is 2.02 bits per heavy atom. The van der Waals surface area contributed by atoms with Crippen LogP contribution in [0.1, 0.15) is 41.2 Å². The second kappa shape index (κ2) is 10.4. The largest absolute Gasteiger partial charge is 0.451 e. The number of hydrogen-bond acceptors (Lipinski definition) is 7. The molecule has 2 aromatic heterocycles. The number of nitrogens with zero attached hydrogens (tertiary/aromatic N) is 5. The van der Waals surface area contributed by atoms with E-state index in [4.69, 9.17) is 16.3 Å². The Morgan fingerprint density at radius 1 is 1.17 bits per heavy atom. The first kappa shape index (κ1) is 25.9. The minimum absolute atomic E-state index is 0.0614. The Hall–Kier alpha value is -4.02. The van der Waals surface area contributed by atoms with Crippen LogP contribution in [0.3, 0.4) is 0 Å². The van der Waals surface area contributed by atoms with Crippen molar-refractivity contribution in [3.63, 3.8) is 0 Å². The van der Waals surface area contributed by atoms with Gasteiger partial charge in [-0.15, -0.1) is 0 Å². The van der Waals surface area contributed by atoms with E-state index in [1.807, 2.05) is 4.90 Å². The van der Waals surface area contributed by atoms with Gasteiger partial charge in [-0.3, -0.25) is 19.6 Å². The van der Waals surface area contributed by atoms with Crippen molar-refractivity contribution in [3.8, 4) is 17.2 Å². The smallest absolute Gasteiger partial charge is 0.256 e. The minimum atomic E-state index is -0.583. The highest BCUT2D eigenvalue weighted by molar-refractivity contribution is 6.30. The van der Waals surface area contributed by atoms with Crippen molar-refractivity contribution in [2.45, 2.75) is 25.2 Å². The number of carbonyl (C=O) groups excluding carboxylic acids is 1. The fourth-order valence-electron chi connectivity index (χ4n) is 6.19. The SMILES string of the molecule is O=C(NCCN1CCCC1)c1cn2c3c(c(N4CCC(c5cnccn5)C4)c(F)cc3c1=O)Oc1ccc(Cl)cc1-2. The second-order valence-corrected chi connectivity index (χ2v) is 11.2. The maximum absolute atomic E-state index is 16.0. The van der Waals surface area contributed by atoms with Crippen molar-refractivity contribution < 1.29 is 13.9 Å². The maximum atomic E-state index is 16.0. The Morgan fingerprint density at radius 3 is 2.83 bits per heavy atom. The van der Waals surface area contributed by atoms with Gasteiger partial charge in [-0.25, -0.2) is 4.39 Å². The van der Waals surface area contributed by atoms with E-state index in [0.717, 1.165) is 38.0 Å². The summed E-state index contributed by atoms with van der Waals surface area (Å²) < 4.78 is 24.0. The molecule has 3 aliphatic rings. The molecule has 41 heavy (non-hydrogen) atoms. The molecule has 0 aliphatic carbocycles. The van der Waals surface area contributed by atoms with Crippen LogP contribution in [-0.2, 0) is 0 Å². The number of benzene rings is 2. The normalized spacial score (nSPS) is 18.0. The molecular formula is C30H28ClFN6O3. The van der Waals surface area contributed by atoms with Crippen molar-refractivity contribution in [2.75, 3.05) is 44.2 Å².